The van der Waals surface area contributed by atoms with Gasteiger partial charge in [0.05, 0.1) is 12.8 Å². The molecule has 1 aromatic heterocycles. The third kappa shape index (κ3) is 4.40. The molecule has 0 bridgehead atoms. The highest BCUT2D eigenvalue weighted by Crippen LogP contribution is 2.22. The summed E-state index contributed by atoms with van der Waals surface area (Å²) in [6.07, 6.45) is 1.21. The van der Waals surface area contributed by atoms with Crippen LogP contribution in [-0.4, -0.2) is 33.1 Å². The summed E-state index contributed by atoms with van der Waals surface area (Å²) in [5.74, 6) is 0.676. The highest BCUT2D eigenvalue weighted by molar-refractivity contribution is 7.80. The van der Waals surface area contributed by atoms with Crippen molar-refractivity contribution in [2.24, 2.45) is 0 Å². The van der Waals surface area contributed by atoms with Gasteiger partial charge in [0.1, 0.15) is 16.8 Å². The molecule has 0 spiro atoms. The predicted molar refractivity (Wildman–Crippen MR) is 109 cm³/mol. The van der Waals surface area contributed by atoms with Crippen LogP contribution in [0.1, 0.15) is 25.3 Å². The highest BCUT2D eigenvalue weighted by atomic mass is 32.1. The number of nitrogens with one attached hydrogen (secondary N) is 2. The van der Waals surface area contributed by atoms with Crippen LogP contribution in [0.4, 0.5) is 5.69 Å². The van der Waals surface area contributed by atoms with Gasteiger partial charge >= 0.3 is 0 Å². The van der Waals surface area contributed by atoms with Gasteiger partial charge in [-0.05, 0) is 67.5 Å². The van der Waals surface area contributed by atoms with Crippen molar-refractivity contribution in [3.8, 4) is 11.4 Å². The van der Waals surface area contributed by atoms with Crippen molar-refractivity contribution in [2.45, 2.75) is 26.7 Å². The number of aryl methyl sites for hydroxylation is 1. The Morgan fingerprint density at radius 3 is 2.48 bits per heavy atom. The van der Waals surface area contributed by atoms with Crippen molar-refractivity contribution in [3.05, 3.63) is 42.0 Å². The molecule has 1 heterocycles. The van der Waals surface area contributed by atoms with E-state index in [1.165, 1.54) is 0 Å². The molecule has 8 heteroatoms. The van der Waals surface area contributed by atoms with E-state index in [2.05, 4.69) is 20.8 Å². The van der Waals surface area contributed by atoms with Crippen molar-refractivity contribution in [1.29, 1.82) is 0 Å². The molecule has 1 amide bonds. The number of aromatic nitrogens is 3. The van der Waals surface area contributed by atoms with Crippen LogP contribution >= 0.6 is 12.2 Å². The van der Waals surface area contributed by atoms with Gasteiger partial charge in [-0.1, -0.05) is 6.92 Å². The highest BCUT2D eigenvalue weighted by Gasteiger charge is 2.10. The Morgan fingerprint density at radius 1 is 1.19 bits per heavy atom. The number of anilines is 1. The van der Waals surface area contributed by atoms with E-state index in [0.29, 0.717) is 6.42 Å². The van der Waals surface area contributed by atoms with Gasteiger partial charge in [0, 0.05) is 12.1 Å². The van der Waals surface area contributed by atoms with Gasteiger partial charge < -0.3 is 15.4 Å². The molecule has 27 heavy (non-hydrogen) atoms. The molecular weight excluding hydrogens is 362 g/mol. The van der Waals surface area contributed by atoms with Crippen LogP contribution in [-0.2, 0) is 4.79 Å². The van der Waals surface area contributed by atoms with Gasteiger partial charge in [0.15, 0.2) is 5.11 Å². The van der Waals surface area contributed by atoms with Crippen molar-refractivity contribution >= 4 is 40.0 Å². The molecule has 0 atom stereocenters. The largest absolute Gasteiger partial charge is 0.497 e. The van der Waals surface area contributed by atoms with E-state index in [1.54, 1.807) is 11.9 Å². The lowest BCUT2D eigenvalue weighted by atomic mass is 10.2. The third-order valence-electron chi connectivity index (χ3n) is 4.01. The zero-order valence-corrected chi connectivity index (χ0v) is 16.3. The molecule has 3 rings (SSSR count). The Hall–Kier alpha value is -3.00. The van der Waals surface area contributed by atoms with Crippen LogP contribution in [0, 0.1) is 6.92 Å². The van der Waals surface area contributed by atoms with E-state index >= 15 is 0 Å². The zero-order chi connectivity index (χ0) is 19.4. The Bertz CT molecular complexity index is 982. The average molecular weight is 383 g/mol. The molecule has 0 saturated carbocycles. The van der Waals surface area contributed by atoms with Crippen molar-refractivity contribution < 1.29 is 9.53 Å². The van der Waals surface area contributed by atoms with Crippen LogP contribution in [0.3, 0.4) is 0 Å². The van der Waals surface area contributed by atoms with Crippen molar-refractivity contribution in [3.63, 3.8) is 0 Å². The van der Waals surface area contributed by atoms with Crippen LogP contribution in [0.15, 0.2) is 36.4 Å². The fraction of sp³-hybridized carbons (Fsp3) is 0.263. The maximum atomic E-state index is 11.7. The third-order valence-corrected chi connectivity index (χ3v) is 4.21. The first kappa shape index (κ1) is 18.8. The minimum absolute atomic E-state index is 0.0980. The summed E-state index contributed by atoms with van der Waals surface area (Å²) in [6, 6.07) is 11.3. The van der Waals surface area contributed by atoms with E-state index < -0.39 is 0 Å². The molecule has 2 N–H and O–H groups in total. The molecule has 0 aliphatic carbocycles. The molecule has 140 valence electrons. The van der Waals surface area contributed by atoms with Gasteiger partial charge in [-0.2, -0.15) is 4.80 Å². The van der Waals surface area contributed by atoms with E-state index in [1.807, 2.05) is 50.2 Å². The fourth-order valence-corrected chi connectivity index (χ4v) is 2.83. The van der Waals surface area contributed by atoms with E-state index in [4.69, 9.17) is 17.0 Å². The number of carbonyl (C=O) groups excluding carboxylic acids is 1. The van der Waals surface area contributed by atoms with Gasteiger partial charge in [-0.3, -0.25) is 4.79 Å². The standard InChI is InChI=1S/C19H21N5O2S/c1-4-5-18(25)21-19(27)20-15-11-17-16(10-12(15)2)22-24(23-17)13-6-8-14(26-3)9-7-13/h6-11H,4-5H2,1-3H3,(H2,20,21,25,27). The summed E-state index contributed by atoms with van der Waals surface area (Å²) >= 11 is 5.22. The number of hydrogen-bond donors (Lipinski definition) is 2. The van der Waals surface area contributed by atoms with Crippen LogP contribution in [0.2, 0.25) is 0 Å². The zero-order valence-electron chi connectivity index (χ0n) is 15.4. The van der Waals surface area contributed by atoms with Crippen LogP contribution in [0.25, 0.3) is 16.7 Å². The molecule has 3 aromatic rings. The number of fused-ring (bicyclic) bond motifs is 1. The second-order valence-corrected chi connectivity index (χ2v) is 6.50. The summed E-state index contributed by atoms with van der Waals surface area (Å²) in [5.41, 5.74) is 4.07. The molecule has 2 aromatic carbocycles. The van der Waals surface area contributed by atoms with Gasteiger partial charge in [0.2, 0.25) is 5.91 Å². The molecule has 0 radical (unpaired) electrons. The van der Waals surface area contributed by atoms with Crippen LogP contribution < -0.4 is 15.4 Å². The Kier molecular flexibility index (Phi) is 5.66. The Balaban J connectivity index is 1.83. The van der Waals surface area contributed by atoms with Crippen LogP contribution in [0.5, 0.6) is 5.75 Å². The average Bonchev–Trinajstić information content (AvgIpc) is 3.04. The maximum Gasteiger partial charge on any atom is 0.226 e. The molecule has 0 aliphatic rings. The smallest absolute Gasteiger partial charge is 0.226 e. The fourth-order valence-electron chi connectivity index (χ4n) is 2.60. The van der Waals surface area contributed by atoms with E-state index in [0.717, 1.165) is 40.1 Å². The quantitative estimate of drug-likeness (QED) is 0.658. The van der Waals surface area contributed by atoms with E-state index in [9.17, 15) is 4.79 Å². The lowest BCUT2D eigenvalue weighted by Crippen LogP contribution is -2.34. The van der Waals surface area contributed by atoms with Gasteiger partial charge in [-0.25, -0.2) is 0 Å². The summed E-state index contributed by atoms with van der Waals surface area (Å²) in [5, 5.41) is 15.1. The summed E-state index contributed by atoms with van der Waals surface area (Å²) in [4.78, 5) is 13.3. The molecule has 0 fully saturated rings. The Morgan fingerprint density at radius 2 is 1.85 bits per heavy atom. The molecule has 7 nitrogen and oxygen atoms in total. The monoisotopic (exact) mass is 383 g/mol. The first-order chi connectivity index (χ1) is 13.0. The minimum Gasteiger partial charge on any atom is -0.497 e. The predicted octanol–water partition coefficient (Wildman–Crippen LogP) is 3.35. The lowest BCUT2D eigenvalue weighted by molar-refractivity contribution is -0.119. The summed E-state index contributed by atoms with van der Waals surface area (Å²) in [6.45, 7) is 3.89. The number of nitrogens with zero attached hydrogens (tertiary/aromatic N) is 3. The Labute approximate surface area is 162 Å². The molecule has 0 aliphatic heterocycles. The molecular formula is C19H21N5O2S. The number of hydrogen-bond acceptors (Lipinski definition) is 5. The second-order valence-electron chi connectivity index (χ2n) is 6.10. The number of carbonyl (C=O) groups is 1. The van der Waals surface area contributed by atoms with Crippen molar-refractivity contribution in [2.75, 3.05) is 12.4 Å². The number of methoxy groups -OCH3 is 1. The van der Waals surface area contributed by atoms with Crippen molar-refractivity contribution in [1.82, 2.24) is 20.3 Å². The number of ether oxygens (including phenoxy) is 1. The summed E-state index contributed by atoms with van der Waals surface area (Å²) in [7, 11) is 1.63. The maximum absolute atomic E-state index is 11.7. The number of amides is 1. The SMILES string of the molecule is CCCC(=O)NC(=S)Nc1cc2nn(-c3ccc(OC)cc3)nc2cc1C. The minimum atomic E-state index is -0.0980. The molecule has 0 unspecified atom stereocenters. The normalized spacial score (nSPS) is 10.6. The van der Waals surface area contributed by atoms with Gasteiger partial charge in [0.25, 0.3) is 0 Å². The first-order valence-electron chi connectivity index (χ1n) is 8.63. The topological polar surface area (TPSA) is 81.1 Å². The number of benzene rings is 2. The second kappa shape index (κ2) is 8.13. The van der Waals surface area contributed by atoms with E-state index in [-0.39, 0.29) is 11.0 Å². The molecule has 0 saturated heterocycles. The summed E-state index contributed by atoms with van der Waals surface area (Å²) < 4.78 is 5.17. The lowest BCUT2D eigenvalue weighted by Gasteiger charge is -2.11. The first-order valence-corrected chi connectivity index (χ1v) is 9.04. The van der Waals surface area contributed by atoms with Gasteiger partial charge in [-0.15, -0.1) is 10.2 Å². The number of rotatable bonds is 5. The number of thiocarbonyl (C=S) groups is 1.